The topological polar surface area (TPSA) is 76.0 Å². The van der Waals surface area contributed by atoms with Crippen LogP contribution in [0.15, 0.2) is 36.7 Å². The number of hydrogen-bond donors (Lipinski definition) is 2. The molecule has 0 bridgehead atoms. The molecule has 0 aliphatic carbocycles. The minimum absolute atomic E-state index is 0.255. The largest absolute Gasteiger partial charge is 0.354 e. The van der Waals surface area contributed by atoms with Gasteiger partial charge in [-0.3, -0.25) is 9.59 Å². The van der Waals surface area contributed by atoms with Crippen molar-refractivity contribution in [2.45, 2.75) is 6.54 Å². The third-order valence-electron chi connectivity index (χ3n) is 2.67. The van der Waals surface area contributed by atoms with Crippen LogP contribution in [0.3, 0.4) is 0 Å². The fourth-order valence-electron chi connectivity index (χ4n) is 1.80. The molecule has 1 aromatic heterocycles. The summed E-state index contributed by atoms with van der Waals surface area (Å²) >= 11 is 0. The molecule has 98 valence electrons. The fourth-order valence-corrected chi connectivity index (χ4v) is 1.80. The fraction of sp³-hybridized carbons (Fsp3) is 0.154. The van der Waals surface area contributed by atoms with Crippen molar-refractivity contribution >= 4 is 18.1 Å². The molecule has 2 amide bonds. The Balaban J connectivity index is 2.34. The number of carbonyl (C=O) groups excluding carboxylic acids is 2. The average molecular weight is 258 g/mol. The van der Waals surface area contributed by atoms with Crippen LogP contribution in [-0.4, -0.2) is 28.9 Å². The summed E-state index contributed by atoms with van der Waals surface area (Å²) in [6.07, 6.45) is 2.03. The zero-order chi connectivity index (χ0) is 13.7. The zero-order valence-corrected chi connectivity index (χ0v) is 10.5. The normalized spacial score (nSPS) is 9.95. The summed E-state index contributed by atoms with van der Waals surface area (Å²) in [5.74, 6) is -0.0388. The Morgan fingerprint density at radius 1 is 1.37 bits per heavy atom. The molecule has 2 aromatic rings. The minimum Gasteiger partial charge on any atom is -0.354 e. The maximum absolute atomic E-state index is 11.9. The standard InChI is InChI=1S/C13H14N4O2/c1-14-13(19)11-12(16-9-18)15-8-17(11)7-10-5-3-2-4-6-10/h2-6,8-9H,7H2,1H3,(H,14,19)(H,16,18). The molecule has 2 N–H and O–H groups in total. The van der Waals surface area contributed by atoms with E-state index in [-0.39, 0.29) is 11.7 Å². The smallest absolute Gasteiger partial charge is 0.271 e. The average Bonchev–Trinajstić information content (AvgIpc) is 2.82. The first-order chi connectivity index (χ1) is 9.26. The van der Waals surface area contributed by atoms with Gasteiger partial charge in [-0.1, -0.05) is 30.3 Å². The molecule has 0 atom stereocenters. The van der Waals surface area contributed by atoms with Crippen LogP contribution in [0.1, 0.15) is 16.1 Å². The van der Waals surface area contributed by atoms with E-state index >= 15 is 0 Å². The molecule has 0 saturated carbocycles. The van der Waals surface area contributed by atoms with Crippen LogP contribution >= 0.6 is 0 Å². The van der Waals surface area contributed by atoms with Gasteiger partial charge in [-0.05, 0) is 5.56 Å². The first-order valence-corrected chi connectivity index (χ1v) is 5.77. The maximum Gasteiger partial charge on any atom is 0.271 e. The van der Waals surface area contributed by atoms with Crippen molar-refractivity contribution in [3.63, 3.8) is 0 Å². The highest BCUT2D eigenvalue weighted by Gasteiger charge is 2.17. The van der Waals surface area contributed by atoms with E-state index in [1.807, 2.05) is 30.3 Å². The molecule has 0 aliphatic rings. The lowest BCUT2D eigenvalue weighted by Crippen LogP contribution is -2.23. The zero-order valence-electron chi connectivity index (χ0n) is 10.5. The number of nitrogens with one attached hydrogen (secondary N) is 2. The molecule has 0 saturated heterocycles. The van der Waals surface area contributed by atoms with Gasteiger partial charge < -0.3 is 15.2 Å². The van der Waals surface area contributed by atoms with E-state index in [0.29, 0.717) is 18.6 Å². The van der Waals surface area contributed by atoms with E-state index in [9.17, 15) is 9.59 Å². The second-order valence-corrected chi connectivity index (χ2v) is 3.90. The number of amides is 2. The van der Waals surface area contributed by atoms with E-state index in [2.05, 4.69) is 15.6 Å². The second kappa shape index (κ2) is 5.81. The van der Waals surface area contributed by atoms with Gasteiger partial charge in [-0.15, -0.1) is 0 Å². The summed E-state index contributed by atoms with van der Waals surface area (Å²) in [6, 6.07) is 9.70. The predicted molar refractivity (Wildman–Crippen MR) is 70.8 cm³/mol. The van der Waals surface area contributed by atoms with Crippen LogP contribution in [0, 0.1) is 0 Å². The minimum atomic E-state index is -0.294. The van der Waals surface area contributed by atoms with Crippen LogP contribution in [-0.2, 0) is 11.3 Å². The molecule has 1 aromatic carbocycles. The number of benzene rings is 1. The molecular formula is C13H14N4O2. The molecule has 0 unspecified atom stereocenters. The SMILES string of the molecule is CNC(=O)c1c(NC=O)ncn1Cc1ccccc1. The lowest BCUT2D eigenvalue weighted by Gasteiger charge is -2.08. The molecule has 2 rings (SSSR count). The van der Waals surface area contributed by atoms with E-state index in [1.165, 1.54) is 13.4 Å². The monoisotopic (exact) mass is 258 g/mol. The summed E-state index contributed by atoms with van der Waals surface area (Å²) in [4.78, 5) is 26.4. The summed E-state index contributed by atoms with van der Waals surface area (Å²) in [6.45, 7) is 0.511. The Hall–Kier alpha value is -2.63. The van der Waals surface area contributed by atoms with Crippen LogP contribution in [0.5, 0.6) is 0 Å². The maximum atomic E-state index is 11.9. The van der Waals surface area contributed by atoms with Crippen molar-refractivity contribution < 1.29 is 9.59 Å². The van der Waals surface area contributed by atoms with Crippen molar-refractivity contribution in [1.29, 1.82) is 0 Å². The van der Waals surface area contributed by atoms with E-state index in [1.54, 1.807) is 4.57 Å². The summed E-state index contributed by atoms with van der Waals surface area (Å²) in [5, 5.41) is 4.96. The second-order valence-electron chi connectivity index (χ2n) is 3.90. The molecule has 0 radical (unpaired) electrons. The van der Waals surface area contributed by atoms with Gasteiger partial charge in [0.2, 0.25) is 6.41 Å². The number of carbonyl (C=O) groups is 2. The highest BCUT2D eigenvalue weighted by atomic mass is 16.2. The van der Waals surface area contributed by atoms with E-state index in [4.69, 9.17) is 0 Å². The van der Waals surface area contributed by atoms with Crippen LogP contribution in [0.2, 0.25) is 0 Å². The third kappa shape index (κ3) is 2.79. The van der Waals surface area contributed by atoms with Crippen molar-refractivity contribution in [3.8, 4) is 0 Å². The number of nitrogens with zero attached hydrogens (tertiary/aromatic N) is 2. The number of anilines is 1. The summed E-state index contributed by atoms with van der Waals surface area (Å²) < 4.78 is 1.69. The Bertz CT molecular complexity index is 578. The lowest BCUT2D eigenvalue weighted by molar-refractivity contribution is -0.105. The number of hydrogen-bond acceptors (Lipinski definition) is 3. The first kappa shape index (κ1) is 12.8. The summed E-state index contributed by atoms with van der Waals surface area (Å²) in [5.41, 5.74) is 1.38. The van der Waals surface area contributed by atoms with Gasteiger partial charge >= 0.3 is 0 Å². The Labute approximate surface area is 110 Å². The van der Waals surface area contributed by atoms with Gasteiger partial charge in [0.05, 0.1) is 6.33 Å². The van der Waals surface area contributed by atoms with Gasteiger partial charge in [0.15, 0.2) is 11.5 Å². The van der Waals surface area contributed by atoms with Crippen molar-refractivity contribution in [1.82, 2.24) is 14.9 Å². The molecule has 6 heteroatoms. The first-order valence-electron chi connectivity index (χ1n) is 5.77. The number of aromatic nitrogens is 2. The van der Waals surface area contributed by atoms with Gasteiger partial charge in [-0.25, -0.2) is 4.98 Å². The van der Waals surface area contributed by atoms with Gasteiger partial charge in [-0.2, -0.15) is 0 Å². The van der Waals surface area contributed by atoms with E-state index in [0.717, 1.165) is 5.56 Å². The molecule has 1 heterocycles. The Morgan fingerprint density at radius 2 is 2.11 bits per heavy atom. The highest BCUT2D eigenvalue weighted by molar-refractivity contribution is 5.98. The highest BCUT2D eigenvalue weighted by Crippen LogP contribution is 2.15. The quantitative estimate of drug-likeness (QED) is 0.781. The number of rotatable bonds is 5. The Morgan fingerprint density at radius 3 is 2.74 bits per heavy atom. The molecule has 19 heavy (non-hydrogen) atoms. The van der Waals surface area contributed by atoms with Crippen LogP contribution in [0.25, 0.3) is 0 Å². The summed E-state index contributed by atoms with van der Waals surface area (Å²) in [7, 11) is 1.53. The molecule has 0 aliphatic heterocycles. The Kier molecular flexibility index (Phi) is 3.92. The van der Waals surface area contributed by atoms with Crippen molar-refractivity contribution in [3.05, 3.63) is 47.9 Å². The van der Waals surface area contributed by atoms with Gasteiger partial charge in [0.1, 0.15) is 0 Å². The third-order valence-corrected chi connectivity index (χ3v) is 2.67. The van der Waals surface area contributed by atoms with Crippen molar-refractivity contribution in [2.75, 3.05) is 12.4 Å². The predicted octanol–water partition coefficient (Wildman–Crippen LogP) is 0.859. The lowest BCUT2D eigenvalue weighted by atomic mass is 10.2. The van der Waals surface area contributed by atoms with Gasteiger partial charge in [0.25, 0.3) is 5.91 Å². The number of imidazole rings is 1. The molecule has 0 fully saturated rings. The van der Waals surface area contributed by atoms with Gasteiger partial charge in [0, 0.05) is 13.6 Å². The molecule has 0 spiro atoms. The molecular weight excluding hydrogens is 244 g/mol. The van der Waals surface area contributed by atoms with Crippen molar-refractivity contribution in [2.24, 2.45) is 0 Å². The van der Waals surface area contributed by atoms with Crippen LogP contribution in [0.4, 0.5) is 5.82 Å². The molecule has 6 nitrogen and oxygen atoms in total. The van der Waals surface area contributed by atoms with E-state index < -0.39 is 0 Å². The van der Waals surface area contributed by atoms with Crippen LogP contribution < -0.4 is 10.6 Å².